The Morgan fingerprint density at radius 2 is 2.50 bits per heavy atom. The fourth-order valence-corrected chi connectivity index (χ4v) is 1.14. The highest BCUT2D eigenvalue weighted by Gasteiger charge is 2.04. The number of rotatable bonds is 3. The van der Waals surface area contributed by atoms with Crippen molar-refractivity contribution in [3.8, 4) is 0 Å². The second-order valence-corrected chi connectivity index (χ2v) is 3.17. The number of alkyl halides is 1. The molecule has 4 heteroatoms. The fraction of sp³-hybridized carbons (Fsp3) is 0.200. The third kappa shape index (κ3) is 2.96. The molecule has 3 nitrogen and oxygen atoms in total. The van der Waals surface area contributed by atoms with Gasteiger partial charge in [0.2, 0.25) is 0 Å². The zero-order chi connectivity index (χ0) is 10.4. The molecule has 1 rings (SSSR count). The molecule has 0 N–H and O–H groups in total. The van der Waals surface area contributed by atoms with Gasteiger partial charge in [-0.15, -0.1) is 0 Å². The SMILES string of the molecule is COC(=O)c1ccnc(C=CCBr)c1. The van der Waals surface area contributed by atoms with Crippen LogP contribution in [0.4, 0.5) is 0 Å². The molecule has 0 fully saturated rings. The van der Waals surface area contributed by atoms with Crippen LogP contribution in [0.15, 0.2) is 24.4 Å². The number of nitrogens with zero attached hydrogens (tertiary/aromatic N) is 1. The lowest BCUT2D eigenvalue weighted by Gasteiger charge is -1.99. The summed E-state index contributed by atoms with van der Waals surface area (Å²) in [6.07, 6.45) is 5.32. The van der Waals surface area contributed by atoms with Crippen molar-refractivity contribution in [2.24, 2.45) is 0 Å². The first-order valence-electron chi connectivity index (χ1n) is 4.05. The lowest BCUT2D eigenvalue weighted by atomic mass is 10.2. The number of ether oxygens (including phenoxy) is 1. The molecule has 0 aliphatic carbocycles. The van der Waals surface area contributed by atoms with Gasteiger partial charge in [-0.05, 0) is 18.2 Å². The van der Waals surface area contributed by atoms with Gasteiger partial charge >= 0.3 is 5.97 Å². The van der Waals surface area contributed by atoms with E-state index in [0.29, 0.717) is 5.56 Å². The van der Waals surface area contributed by atoms with E-state index >= 15 is 0 Å². The highest BCUT2D eigenvalue weighted by molar-refractivity contribution is 9.09. The largest absolute Gasteiger partial charge is 0.465 e. The van der Waals surface area contributed by atoms with Crippen LogP contribution in [-0.2, 0) is 4.74 Å². The van der Waals surface area contributed by atoms with Crippen molar-refractivity contribution in [2.45, 2.75) is 0 Å². The summed E-state index contributed by atoms with van der Waals surface area (Å²) in [5.41, 5.74) is 1.25. The van der Waals surface area contributed by atoms with Crippen molar-refractivity contribution in [1.29, 1.82) is 0 Å². The van der Waals surface area contributed by atoms with Gasteiger partial charge < -0.3 is 4.74 Å². The number of pyridine rings is 1. The Labute approximate surface area is 90.9 Å². The maximum Gasteiger partial charge on any atom is 0.337 e. The minimum Gasteiger partial charge on any atom is -0.465 e. The van der Waals surface area contributed by atoms with E-state index in [2.05, 4.69) is 25.7 Å². The molecule has 0 spiro atoms. The second-order valence-electron chi connectivity index (χ2n) is 2.52. The Hall–Kier alpha value is -1.16. The van der Waals surface area contributed by atoms with Crippen molar-refractivity contribution < 1.29 is 9.53 Å². The summed E-state index contributed by atoms with van der Waals surface area (Å²) in [5.74, 6) is -0.346. The van der Waals surface area contributed by atoms with Gasteiger partial charge in [-0.3, -0.25) is 4.98 Å². The molecule has 0 aliphatic heterocycles. The van der Waals surface area contributed by atoms with Crippen LogP contribution < -0.4 is 0 Å². The van der Waals surface area contributed by atoms with E-state index in [1.165, 1.54) is 7.11 Å². The Balaban J connectivity index is 2.89. The summed E-state index contributed by atoms with van der Waals surface area (Å²) < 4.78 is 4.60. The minimum atomic E-state index is -0.346. The molecular formula is C10H10BrNO2. The molecule has 14 heavy (non-hydrogen) atoms. The number of halogens is 1. The van der Waals surface area contributed by atoms with Gasteiger partial charge in [0.15, 0.2) is 0 Å². The minimum absolute atomic E-state index is 0.346. The maximum absolute atomic E-state index is 11.2. The normalized spacial score (nSPS) is 10.4. The number of hydrogen-bond donors (Lipinski definition) is 0. The summed E-state index contributed by atoms with van der Waals surface area (Å²) in [6.45, 7) is 0. The van der Waals surface area contributed by atoms with Crippen LogP contribution in [0.5, 0.6) is 0 Å². The average molecular weight is 256 g/mol. The van der Waals surface area contributed by atoms with Gasteiger partial charge in [0.05, 0.1) is 18.4 Å². The predicted molar refractivity (Wildman–Crippen MR) is 58.4 cm³/mol. The van der Waals surface area contributed by atoms with Crippen molar-refractivity contribution in [3.05, 3.63) is 35.7 Å². The molecule has 0 saturated carbocycles. The van der Waals surface area contributed by atoms with Crippen LogP contribution in [0.2, 0.25) is 0 Å². The van der Waals surface area contributed by atoms with Gasteiger partial charge in [0.25, 0.3) is 0 Å². The third-order valence-electron chi connectivity index (χ3n) is 1.58. The first kappa shape index (κ1) is 10.9. The highest BCUT2D eigenvalue weighted by Crippen LogP contribution is 2.05. The van der Waals surface area contributed by atoms with E-state index in [1.807, 2.05) is 12.2 Å². The summed E-state index contributed by atoms with van der Waals surface area (Å²) in [5, 5.41) is 0.761. The molecular weight excluding hydrogens is 246 g/mol. The Kier molecular flexibility index (Phi) is 4.32. The number of aromatic nitrogens is 1. The molecule has 1 aromatic rings. The van der Waals surface area contributed by atoms with Gasteiger partial charge in [-0.1, -0.05) is 22.0 Å². The molecule has 1 aromatic heterocycles. The van der Waals surface area contributed by atoms with E-state index < -0.39 is 0 Å². The fourth-order valence-electron chi connectivity index (χ4n) is 0.950. The molecule has 0 radical (unpaired) electrons. The predicted octanol–water partition coefficient (Wildman–Crippen LogP) is 2.28. The lowest BCUT2D eigenvalue weighted by molar-refractivity contribution is 0.0600. The van der Waals surface area contributed by atoms with Crippen molar-refractivity contribution in [3.63, 3.8) is 0 Å². The first-order valence-corrected chi connectivity index (χ1v) is 5.17. The summed E-state index contributed by atoms with van der Waals surface area (Å²) in [6, 6.07) is 3.31. The number of allylic oxidation sites excluding steroid dienone is 1. The van der Waals surface area contributed by atoms with Crippen LogP contribution in [-0.4, -0.2) is 23.4 Å². The highest BCUT2D eigenvalue weighted by atomic mass is 79.9. The van der Waals surface area contributed by atoms with Crippen molar-refractivity contribution in [2.75, 3.05) is 12.4 Å². The van der Waals surface area contributed by atoms with E-state index in [9.17, 15) is 4.79 Å². The van der Waals surface area contributed by atoms with E-state index in [4.69, 9.17) is 0 Å². The zero-order valence-corrected chi connectivity index (χ0v) is 9.32. The quantitative estimate of drug-likeness (QED) is 0.615. The molecule has 0 saturated heterocycles. The Morgan fingerprint density at radius 3 is 3.14 bits per heavy atom. The standard InChI is InChI=1S/C10H10BrNO2/c1-14-10(13)8-4-6-12-9(7-8)3-2-5-11/h2-4,6-7H,5H2,1H3. The molecule has 0 bridgehead atoms. The summed E-state index contributed by atoms with van der Waals surface area (Å²) >= 11 is 3.26. The van der Waals surface area contributed by atoms with Crippen LogP contribution in [0, 0.1) is 0 Å². The summed E-state index contributed by atoms with van der Waals surface area (Å²) in [7, 11) is 1.36. The van der Waals surface area contributed by atoms with Crippen molar-refractivity contribution >= 4 is 28.0 Å². The molecule has 74 valence electrons. The van der Waals surface area contributed by atoms with Gasteiger partial charge in [0, 0.05) is 11.5 Å². The van der Waals surface area contributed by atoms with Crippen LogP contribution >= 0.6 is 15.9 Å². The monoisotopic (exact) mass is 255 g/mol. The number of carbonyl (C=O) groups excluding carboxylic acids is 1. The zero-order valence-electron chi connectivity index (χ0n) is 7.74. The molecule has 0 amide bonds. The van der Waals surface area contributed by atoms with E-state index in [-0.39, 0.29) is 5.97 Å². The number of methoxy groups -OCH3 is 1. The first-order chi connectivity index (χ1) is 6.77. The topological polar surface area (TPSA) is 39.2 Å². The number of hydrogen-bond acceptors (Lipinski definition) is 3. The van der Waals surface area contributed by atoms with Gasteiger partial charge in [-0.25, -0.2) is 4.79 Å². The average Bonchev–Trinajstić information content (AvgIpc) is 2.25. The Morgan fingerprint density at radius 1 is 1.71 bits per heavy atom. The van der Waals surface area contributed by atoms with Crippen molar-refractivity contribution in [1.82, 2.24) is 4.98 Å². The van der Waals surface area contributed by atoms with Crippen LogP contribution in [0.3, 0.4) is 0 Å². The van der Waals surface area contributed by atoms with Crippen LogP contribution in [0.25, 0.3) is 6.08 Å². The lowest BCUT2D eigenvalue weighted by Crippen LogP contribution is -2.01. The molecule has 0 aliphatic rings. The molecule has 0 aromatic carbocycles. The Bertz CT molecular complexity index is 350. The van der Waals surface area contributed by atoms with E-state index in [0.717, 1.165) is 11.0 Å². The number of esters is 1. The van der Waals surface area contributed by atoms with Gasteiger partial charge in [-0.2, -0.15) is 0 Å². The van der Waals surface area contributed by atoms with Gasteiger partial charge in [0.1, 0.15) is 0 Å². The van der Waals surface area contributed by atoms with E-state index in [1.54, 1.807) is 18.3 Å². The molecule has 1 heterocycles. The molecule has 0 unspecified atom stereocenters. The third-order valence-corrected chi connectivity index (χ3v) is 1.95. The maximum atomic E-state index is 11.2. The smallest absolute Gasteiger partial charge is 0.337 e. The number of carbonyl (C=O) groups is 1. The molecule has 0 atom stereocenters. The summed E-state index contributed by atoms with van der Waals surface area (Å²) in [4.78, 5) is 15.2. The van der Waals surface area contributed by atoms with Crippen LogP contribution in [0.1, 0.15) is 16.1 Å². The second kappa shape index (κ2) is 5.54.